The molecule has 0 radical (unpaired) electrons. The molecule has 1 fully saturated rings. The molecule has 0 unspecified atom stereocenters. The van der Waals surface area contributed by atoms with Gasteiger partial charge in [0.15, 0.2) is 0 Å². The summed E-state index contributed by atoms with van der Waals surface area (Å²) in [5, 5.41) is 30.5. The lowest BCUT2D eigenvalue weighted by molar-refractivity contribution is 0.0577. The van der Waals surface area contributed by atoms with E-state index in [9.17, 15) is 15.2 Å². The highest BCUT2D eigenvalue weighted by Crippen LogP contribution is 2.43. The van der Waals surface area contributed by atoms with Crippen LogP contribution < -0.4 is 5.69 Å². The number of pyridine rings is 1. The Bertz CT molecular complexity index is 2100. The maximum Gasteiger partial charge on any atom is 0.329 e. The van der Waals surface area contributed by atoms with Crippen LogP contribution in [0.1, 0.15) is 52.0 Å². The normalized spacial score (nSPS) is 17.8. The molecule has 0 saturated heterocycles. The molecular weight excluding hydrogens is 542 g/mol. The van der Waals surface area contributed by atoms with E-state index in [1.807, 2.05) is 35.7 Å². The van der Waals surface area contributed by atoms with Crippen molar-refractivity contribution < 1.29 is 5.11 Å². The minimum atomic E-state index is -0.919. The first-order chi connectivity index (χ1) is 20.6. The summed E-state index contributed by atoms with van der Waals surface area (Å²) >= 11 is 0. The van der Waals surface area contributed by atoms with Crippen molar-refractivity contribution in [2.45, 2.75) is 64.1 Å². The number of fused-ring (bicyclic) bond motifs is 4. The zero-order chi connectivity index (χ0) is 30.0. The van der Waals surface area contributed by atoms with Gasteiger partial charge in [-0.1, -0.05) is 6.07 Å². The lowest BCUT2D eigenvalue weighted by Gasteiger charge is -2.28. The van der Waals surface area contributed by atoms with E-state index in [2.05, 4.69) is 39.4 Å². The minimum Gasteiger partial charge on any atom is -0.389 e. The molecule has 0 aliphatic heterocycles. The van der Waals surface area contributed by atoms with Crippen molar-refractivity contribution >= 4 is 33.0 Å². The predicted molar refractivity (Wildman–Crippen MR) is 165 cm³/mol. The fourth-order valence-electron chi connectivity index (χ4n) is 6.85. The zero-order valence-electron chi connectivity index (χ0n) is 24.9. The summed E-state index contributed by atoms with van der Waals surface area (Å²) in [6.07, 6.45) is 11.5. The number of nitriles is 1. The number of aromatic nitrogens is 8. The van der Waals surface area contributed by atoms with Crippen LogP contribution in [-0.4, -0.2) is 49.4 Å². The first kappa shape index (κ1) is 27.2. The zero-order valence-corrected chi connectivity index (χ0v) is 24.9. The fraction of sp³-hybridized carbons (Fsp3) is 0.406. The number of aliphatic hydroxyl groups is 1. The average molecular weight is 578 g/mol. The first-order valence-corrected chi connectivity index (χ1v) is 14.8. The van der Waals surface area contributed by atoms with Crippen LogP contribution in [0.5, 0.6) is 0 Å². The van der Waals surface area contributed by atoms with E-state index in [0.717, 1.165) is 75.4 Å². The summed E-state index contributed by atoms with van der Waals surface area (Å²) in [4.78, 5) is 22.3. The third-order valence-electron chi connectivity index (χ3n) is 8.94. The summed E-state index contributed by atoms with van der Waals surface area (Å²) in [6, 6.07) is 8.66. The van der Waals surface area contributed by atoms with Gasteiger partial charge in [-0.3, -0.25) is 18.5 Å². The standard InChI is InChI=1S/C32H35N9O2/c1-32(2,43)18-40-17-22(15-36-40)28-26(20-7-10-24-21(13-20)14-35-39(24)4)27-29-25(16-34-30(27)37-28)38(3)31(42)41(29)23-8-5-19(6-9-23)11-12-33/h7,10,13-17,19,23,43H,5-6,8-9,11,18H2,1-4H3,(H,34,37)/t19-,23+. The SMILES string of the molecule is Cn1ncc2cc(-c3c(-c4cnn(CC(C)(C)O)c4)[nH]c4ncc5c(c34)n([C@H]3CC[C@@H](CC#N)CC3)c(=O)n5C)ccc21. The molecule has 0 spiro atoms. The van der Waals surface area contributed by atoms with Crippen LogP contribution in [0.15, 0.2) is 47.8 Å². The smallest absolute Gasteiger partial charge is 0.329 e. The highest BCUT2D eigenvalue weighted by Gasteiger charge is 2.29. The van der Waals surface area contributed by atoms with Crippen LogP contribution in [0.3, 0.4) is 0 Å². The maximum absolute atomic E-state index is 13.9. The van der Waals surface area contributed by atoms with E-state index in [-0.39, 0.29) is 11.7 Å². The van der Waals surface area contributed by atoms with E-state index in [1.165, 1.54) is 0 Å². The highest BCUT2D eigenvalue weighted by molar-refractivity contribution is 6.14. The number of H-pyrrole nitrogens is 1. The Morgan fingerprint density at radius 1 is 1.07 bits per heavy atom. The van der Waals surface area contributed by atoms with Crippen LogP contribution in [-0.2, 0) is 20.6 Å². The molecule has 43 heavy (non-hydrogen) atoms. The largest absolute Gasteiger partial charge is 0.389 e. The Kier molecular flexibility index (Phi) is 6.29. The van der Waals surface area contributed by atoms with Gasteiger partial charge >= 0.3 is 5.69 Å². The molecule has 11 nitrogen and oxygen atoms in total. The van der Waals surface area contributed by atoms with Gasteiger partial charge < -0.3 is 10.1 Å². The summed E-state index contributed by atoms with van der Waals surface area (Å²) < 4.78 is 7.28. The Morgan fingerprint density at radius 2 is 1.86 bits per heavy atom. The number of rotatable bonds is 6. The second-order valence-corrected chi connectivity index (χ2v) is 12.6. The van der Waals surface area contributed by atoms with Crippen LogP contribution in [0.4, 0.5) is 0 Å². The highest BCUT2D eigenvalue weighted by atomic mass is 16.3. The molecular formula is C32H35N9O2. The number of aromatic amines is 1. The summed E-state index contributed by atoms with van der Waals surface area (Å²) in [7, 11) is 3.74. The van der Waals surface area contributed by atoms with E-state index in [0.29, 0.717) is 24.5 Å². The third kappa shape index (κ3) is 4.53. The Labute approximate surface area is 248 Å². The van der Waals surface area contributed by atoms with Crippen molar-refractivity contribution in [3.8, 4) is 28.5 Å². The molecule has 0 atom stereocenters. The minimum absolute atomic E-state index is 0.0401. The van der Waals surface area contributed by atoms with Crippen LogP contribution in [0, 0.1) is 17.2 Å². The molecule has 2 N–H and O–H groups in total. The molecule has 6 aromatic rings. The molecule has 220 valence electrons. The van der Waals surface area contributed by atoms with Crippen molar-refractivity contribution in [3.63, 3.8) is 0 Å². The lowest BCUT2D eigenvalue weighted by atomic mass is 9.84. The van der Waals surface area contributed by atoms with Crippen molar-refractivity contribution in [1.29, 1.82) is 5.26 Å². The van der Waals surface area contributed by atoms with Gasteiger partial charge in [-0.25, -0.2) is 9.78 Å². The Morgan fingerprint density at radius 3 is 2.60 bits per heavy atom. The van der Waals surface area contributed by atoms with E-state index < -0.39 is 5.60 Å². The number of nitrogens with zero attached hydrogens (tertiary/aromatic N) is 8. The summed E-state index contributed by atoms with van der Waals surface area (Å²) in [6.45, 7) is 3.86. The number of imidazole rings is 1. The van der Waals surface area contributed by atoms with Gasteiger partial charge in [-0.2, -0.15) is 15.5 Å². The number of nitrogens with one attached hydrogen (secondary N) is 1. The van der Waals surface area contributed by atoms with Gasteiger partial charge in [0, 0.05) is 49.3 Å². The third-order valence-corrected chi connectivity index (χ3v) is 8.94. The van der Waals surface area contributed by atoms with Gasteiger partial charge in [0.2, 0.25) is 0 Å². The molecule has 1 aromatic carbocycles. The fourth-order valence-corrected chi connectivity index (χ4v) is 6.85. The molecule has 1 aliphatic rings. The Hall–Kier alpha value is -4.69. The first-order valence-electron chi connectivity index (χ1n) is 14.8. The van der Waals surface area contributed by atoms with Gasteiger partial charge in [-0.05, 0) is 63.1 Å². The molecule has 0 amide bonds. The van der Waals surface area contributed by atoms with Gasteiger partial charge in [0.05, 0.1) is 64.4 Å². The molecule has 7 rings (SSSR count). The lowest BCUT2D eigenvalue weighted by Crippen LogP contribution is -2.28. The van der Waals surface area contributed by atoms with Crippen LogP contribution in [0.2, 0.25) is 0 Å². The van der Waals surface area contributed by atoms with Gasteiger partial charge in [0.1, 0.15) is 5.65 Å². The second kappa shape index (κ2) is 9.95. The maximum atomic E-state index is 13.9. The monoisotopic (exact) mass is 577 g/mol. The van der Waals surface area contributed by atoms with Gasteiger partial charge in [0.25, 0.3) is 0 Å². The number of hydrogen-bond donors (Lipinski definition) is 2. The second-order valence-electron chi connectivity index (χ2n) is 12.6. The van der Waals surface area contributed by atoms with E-state index >= 15 is 0 Å². The van der Waals surface area contributed by atoms with Gasteiger partial charge in [-0.15, -0.1) is 0 Å². The van der Waals surface area contributed by atoms with Crippen molar-refractivity contribution in [2.24, 2.45) is 20.0 Å². The molecule has 11 heteroatoms. The van der Waals surface area contributed by atoms with Crippen molar-refractivity contribution in [3.05, 3.63) is 53.5 Å². The molecule has 5 aromatic heterocycles. The van der Waals surface area contributed by atoms with Crippen LogP contribution >= 0.6 is 0 Å². The molecule has 1 saturated carbocycles. The molecule has 0 bridgehead atoms. The van der Waals surface area contributed by atoms with Crippen molar-refractivity contribution in [1.82, 2.24) is 38.7 Å². The van der Waals surface area contributed by atoms with Crippen LogP contribution in [0.25, 0.3) is 55.4 Å². The average Bonchev–Trinajstić information content (AvgIpc) is 3.73. The van der Waals surface area contributed by atoms with E-state index in [1.54, 1.807) is 35.5 Å². The quantitative estimate of drug-likeness (QED) is 0.284. The topological polar surface area (TPSA) is 135 Å². The number of hydrogen-bond acceptors (Lipinski definition) is 6. The number of benzene rings is 1. The predicted octanol–water partition coefficient (Wildman–Crippen LogP) is 5.05. The number of aryl methyl sites for hydroxylation is 2. The summed E-state index contributed by atoms with van der Waals surface area (Å²) in [5.74, 6) is 0.384. The molecule has 5 heterocycles. The Balaban J connectivity index is 1.50. The van der Waals surface area contributed by atoms with Crippen molar-refractivity contribution in [2.75, 3.05) is 0 Å². The summed E-state index contributed by atoms with van der Waals surface area (Å²) in [5.41, 5.74) is 6.02. The molecule has 1 aliphatic carbocycles. The van der Waals surface area contributed by atoms with E-state index in [4.69, 9.17) is 4.98 Å².